The molecule has 0 aliphatic carbocycles. The van der Waals surface area contributed by atoms with Crippen LogP contribution in [-0.4, -0.2) is 0 Å². The van der Waals surface area contributed by atoms with Crippen LogP contribution >= 0.6 is 0 Å². The fourth-order valence-corrected chi connectivity index (χ4v) is 7.81. The third-order valence-electron chi connectivity index (χ3n) is 10.5. The SMILES string of the molecule is c1ccc(-c2ccc(N(c3ccc(-c4ccccc4)cc3)c3cccc4c3oc3c(-c5cccc6ccccc56)cc(-c5ccccc5)cc34)cc2)cc1. The summed E-state index contributed by atoms with van der Waals surface area (Å²) < 4.78 is 7.18. The van der Waals surface area contributed by atoms with Crippen LogP contribution in [0.5, 0.6) is 0 Å². The van der Waals surface area contributed by atoms with Gasteiger partial charge in [-0.25, -0.2) is 0 Å². The molecule has 0 atom stereocenters. The number of furan rings is 1. The summed E-state index contributed by atoms with van der Waals surface area (Å²) in [5.74, 6) is 0. The molecule has 0 saturated heterocycles. The Balaban J connectivity index is 1.21. The minimum Gasteiger partial charge on any atom is -0.453 e. The predicted octanol–water partition coefficient (Wildman–Crippen LogP) is 14.9. The van der Waals surface area contributed by atoms with Crippen molar-refractivity contribution in [1.29, 1.82) is 0 Å². The topological polar surface area (TPSA) is 16.4 Å². The normalized spacial score (nSPS) is 11.3. The van der Waals surface area contributed by atoms with Crippen LogP contribution in [0.2, 0.25) is 0 Å². The van der Waals surface area contributed by atoms with Crippen LogP contribution in [0.3, 0.4) is 0 Å². The lowest BCUT2D eigenvalue weighted by Crippen LogP contribution is -2.10. The standard InChI is InChI=1S/C52H35NO/c1-4-14-36(15-5-1)39-26-30-43(31-27-39)53(44-32-28-40(29-33-44)37-16-6-2-7-17-37)50-25-13-24-47-49-35-42(38-18-8-3-9-19-38)34-48(51(49)54-52(47)50)46-23-12-21-41-20-10-11-22-45(41)46/h1-35H. The van der Waals surface area contributed by atoms with Crippen LogP contribution in [0, 0.1) is 0 Å². The minimum absolute atomic E-state index is 0.846. The lowest BCUT2D eigenvalue weighted by atomic mass is 9.93. The molecule has 0 radical (unpaired) electrons. The number of fused-ring (bicyclic) bond motifs is 4. The van der Waals surface area contributed by atoms with Crippen molar-refractivity contribution in [3.63, 3.8) is 0 Å². The summed E-state index contributed by atoms with van der Waals surface area (Å²) in [6.45, 7) is 0. The van der Waals surface area contributed by atoms with Gasteiger partial charge in [0.15, 0.2) is 5.58 Å². The molecule has 54 heavy (non-hydrogen) atoms. The highest BCUT2D eigenvalue weighted by Gasteiger charge is 2.22. The highest BCUT2D eigenvalue weighted by Crippen LogP contribution is 2.46. The lowest BCUT2D eigenvalue weighted by molar-refractivity contribution is 0.670. The zero-order valence-corrected chi connectivity index (χ0v) is 29.6. The van der Waals surface area contributed by atoms with Crippen LogP contribution in [0.4, 0.5) is 17.1 Å². The Bertz CT molecular complexity index is 2800. The Morgan fingerprint density at radius 1 is 0.296 bits per heavy atom. The fraction of sp³-hybridized carbons (Fsp3) is 0. The second-order valence-corrected chi connectivity index (χ2v) is 13.7. The Kier molecular flexibility index (Phi) is 7.85. The molecule has 0 amide bonds. The summed E-state index contributed by atoms with van der Waals surface area (Å²) in [5, 5.41) is 4.57. The molecule has 254 valence electrons. The van der Waals surface area contributed by atoms with Gasteiger partial charge in [0.25, 0.3) is 0 Å². The van der Waals surface area contributed by atoms with E-state index in [9.17, 15) is 0 Å². The molecule has 0 aliphatic heterocycles. The number of rotatable bonds is 7. The number of para-hydroxylation sites is 1. The lowest BCUT2D eigenvalue weighted by Gasteiger charge is -2.26. The summed E-state index contributed by atoms with van der Waals surface area (Å²) in [6.07, 6.45) is 0. The maximum atomic E-state index is 7.18. The van der Waals surface area contributed by atoms with Crippen LogP contribution in [0.1, 0.15) is 0 Å². The molecular formula is C52H35NO. The van der Waals surface area contributed by atoms with Gasteiger partial charge in [-0.05, 0) is 92.2 Å². The Morgan fingerprint density at radius 3 is 1.39 bits per heavy atom. The molecule has 0 N–H and O–H groups in total. The largest absolute Gasteiger partial charge is 0.453 e. The molecule has 0 spiro atoms. The van der Waals surface area contributed by atoms with Crippen LogP contribution in [-0.2, 0) is 0 Å². The van der Waals surface area contributed by atoms with Gasteiger partial charge >= 0.3 is 0 Å². The van der Waals surface area contributed by atoms with Crippen molar-refractivity contribution in [2.24, 2.45) is 0 Å². The van der Waals surface area contributed by atoms with Gasteiger partial charge in [-0.15, -0.1) is 0 Å². The monoisotopic (exact) mass is 689 g/mol. The molecule has 0 aliphatic rings. The summed E-state index contributed by atoms with van der Waals surface area (Å²) in [6, 6.07) is 75.7. The van der Waals surface area contributed by atoms with Crippen LogP contribution in [0.15, 0.2) is 217 Å². The summed E-state index contributed by atoms with van der Waals surface area (Å²) in [4.78, 5) is 2.32. The molecule has 1 heterocycles. The van der Waals surface area contributed by atoms with E-state index in [1.54, 1.807) is 0 Å². The molecule has 0 bridgehead atoms. The molecule has 0 fully saturated rings. The van der Waals surface area contributed by atoms with E-state index in [1.165, 1.54) is 38.6 Å². The van der Waals surface area contributed by atoms with E-state index in [-0.39, 0.29) is 0 Å². The van der Waals surface area contributed by atoms with Crippen molar-refractivity contribution >= 4 is 49.8 Å². The Morgan fingerprint density at radius 2 is 0.778 bits per heavy atom. The Hall–Kier alpha value is -7.16. The highest BCUT2D eigenvalue weighted by molar-refractivity contribution is 6.16. The van der Waals surface area contributed by atoms with E-state index in [1.807, 2.05) is 0 Å². The van der Waals surface area contributed by atoms with Crippen molar-refractivity contribution in [3.8, 4) is 44.5 Å². The van der Waals surface area contributed by atoms with E-state index >= 15 is 0 Å². The Labute approximate surface area is 314 Å². The number of hydrogen-bond donors (Lipinski definition) is 0. The molecule has 2 nitrogen and oxygen atoms in total. The average molecular weight is 690 g/mol. The molecule has 0 unspecified atom stereocenters. The molecule has 2 heteroatoms. The summed E-state index contributed by atoms with van der Waals surface area (Å²) >= 11 is 0. The van der Waals surface area contributed by atoms with E-state index in [0.717, 1.165) is 55.7 Å². The fourth-order valence-electron chi connectivity index (χ4n) is 7.81. The van der Waals surface area contributed by atoms with Gasteiger partial charge in [-0.3, -0.25) is 0 Å². The quantitative estimate of drug-likeness (QED) is 0.166. The number of nitrogens with zero attached hydrogens (tertiary/aromatic N) is 1. The second kappa shape index (κ2) is 13.4. The van der Waals surface area contributed by atoms with Crippen molar-refractivity contribution in [2.45, 2.75) is 0 Å². The third-order valence-corrected chi connectivity index (χ3v) is 10.5. The number of hydrogen-bond acceptors (Lipinski definition) is 2. The van der Waals surface area contributed by atoms with Gasteiger partial charge in [0.1, 0.15) is 5.58 Å². The minimum atomic E-state index is 0.846. The molecule has 10 rings (SSSR count). The van der Waals surface area contributed by atoms with Gasteiger partial charge < -0.3 is 9.32 Å². The maximum absolute atomic E-state index is 7.18. The first-order chi connectivity index (χ1) is 26.8. The van der Waals surface area contributed by atoms with E-state index in [4.69, 9.17) is 4.42 Å². The van der Waals surface area contributed by atoms with Crippen molar-refractivity contribution < 1.29 is 4.42 Å². The van der Waals surface area contributed by atoms with E-state index in [2.05, 4.69) is 217 Å². The maximum Gasteiger partial charge on any atom is 0.159 e. The predicted molar refractivity (Wildman–Crippen MR) is 228 cm³/mol. The van der Waals surface area contributed by atoms with Gasteiger partial charge in [-0.1, -0.05) is 170 Å². The van der Waals surface area contributed by atoms with Crippen molar-refractivity contribution in [2.75, 3.05) is 4.90 Å². The first-order valence-electron chi connectivity index (χ1n) is 18.4. The summed E-state index contributed by atoms with van der Waals surface area (Å²) in [7, 11) is 0. The second-order valence-electron chi connectivity index (χ2n) is 13.7. The highest BCUT2D eigenvalue weighted by atomic mass is 16.3. The molecule has 1 aromatic heterocycles. The molecule has 9 aromatic carbocycles. The zero-order chi connectivity index (χ0) is 35.8. The first-order valence-corrected chi connectivity index (χ1v) is 18.4. The van der Waals surface area contributed by atoms with Gasteiger partial charge in [0, 0.05) is 27.7 Å². The zero-order valence-electron chi connectivity index (χ0n) is 29.6. The van der Waals surface area contributed by atoms with Gasteiger partial charge in [0.2, 0.25) is 0 Å². The first kappa shape index (κ1) is 31.6. The smallest absolute Gasteiger partial charge is 0.159 e. The van der Waals surface area contributed by atoms with Gasteiger partial charge in [0.05, 0.1) is 5.69 Å². The van der Waals surface area contributed by atoms with Crippen molar-refractivity contribution in [3.05, 3.63) is 212 Å². The van der Waals surface area contributed by atoms with Crippen LogP contribution < -0.4 is 4.90 Å². The molecule has 10 aromatic rings. The third kappa shape index (κ3) is 5.62. The number of anilines is 3. The van der Waals surface area contributed by atoms with Crippen LogP contribution in [0.25, 0.3) is 77.2 Å². The van der Waals surface area contributed by atoms with E-state index in [0.29, 0.717) is 0 Å². The number of benzene rings is 9. The van der Waals surface area contributed by atoms with Crippen molar-refractivity contribution in [1.82, 2.24) is 0 Å². The van der Waals surface area contributed by atoms with Gasteiger partial charge in [-0.2, -0.15) is 0 Å². The summed E-state index contributed by atoms with van der Waals surface area (Å²) in [5.41, 5.74) is 14.1. The molecule has 0 saturated carbocycles. The van der Waals surface area contributed by atoms with E-state index < -0.39 is 0 Å². The average Bonchev–Trinajstić information content (AvgIpc) is 3.64. The molecular weight excluding hydrogens is 655 g/mol.